The van der Waals surface area contributed by atoms with E-state index in [1.807, 2.05) is 0 Å². The van der Waals surface area contributed by atoms with Gasteiger partial charge in [0.25, 0.3) is 0 Å². The molecule has 1 aliphatic rings. The van der Waals surface area contributed by atoms with Crippen molar-refractivity contribution in [3.8, 4) is 28.7 Å². The van der Waals surface area contributed by atoms with Crippen molar-refractivity contribution in [1.82, 2.24) is 0 Å². The van der Waals surface area contributed by atoms with Crippen molar-refractivity contribution in [2.45, 2.75) is 12.2 Å². The van der Waals surface area contributed by atoms with Crippen LogP contribution in [-0.2, 0) is 0 Å². The summed E-state index contributed by atoms with van der Waals surface area (Å²) in [6, 6.07) is 5.85. The SMILES string of the molecule is O.O=C1c2c(O)cc(O)cc2O[C@H](c2ccc(O)c(O)c2)[C@H]1O. The molecule has 0 bridgehead atoms. The highest BCUT2D eigenvalue weighted by atomic mass is 16.5. The lowest BCUT2D eigenvalue weighted by Gasteiger charge is -2.30. The zero-order chi connectivity index (χ0) is 16.0. The number of phenols is 4. The standard InChI is InChI=1S/C15H12O7.H2O/c16-7-4-10(19)12-11(5-7)22-15(14(21)13(12)20)6-1-2-8(17)9(18)3-6;/h1-5,14-19,21H;1H2/t14-,15+;/m0./s1. The molecule has 122 valence electrons. The lowest BCUT2D eigenvalue weighted by Crippen LogP contribution is -2.36. The molecule has 2 atom stereocenters. The van der Waals surface area contributed by atoms with Gasteiger partial charge in [0.1, 0.15) is 22.8 Å². The predicted octanol–water partition coefficient (Wildman–Crippen LogP) is 0.362. The first-order valence-electron chi connectivity index (χ1n) is 6.35. The van der Waals surface area contributed by atoms with Gasteiger partial charge in [0.05, 0.1) is 0 Å². The molecule has 0 aliphatic carbocycles. The van der Waals surface area contributed by atoms with Crippen molar-refractivity contribution in [1.29, 1.82) is 0 Å². The van der Waals surface area contributed by atoms with Crippen molar-refractivity contribution in [2.75, 3.05) is 0 Å². The first-order valence-corrected chi connectivity index (χ1v) is 6.35. The van der Waals surface area contributed by atoms with E-state index in [1.54, 1.807) is 0 Å². The van der Waals surface area contributed by atoms with Crippen LogP contribution in [0.25, 0.3) is 0 Å². The van der Waals surface area contributed by atoms with Crippen molar-refractivity contribution < 1.29 is 40.5 Å². The summed E-state index contributed by atoms with van der Waals surface area (Å²) >= 11 is 0. The fourth-order valence-electron chi connectivity index (χ4n) is 2.38. The average Bonchev–Trinajstić information content (AvgIpc) is 2.45. The molecule has 23 heavy (non-hydrogen) atoms. The molecule has 8 heteroatoms. The van der Waals surface area contributed by atoms with E-state index in [2.05, 4.69) is 0 Å². The van der Waals surface area contributed by atoms with Gasteiger partial charge in [0.15, 0.2) is 23.7 Å². The largest absolute Gasteiger partial charge is 0.508 e. The van der Waals surface area contributed by atoms with Crippen LogP contribution in [0.2, 0.25) is 0 Å². The molecule has 2 aromatic rings. The Hall–Kier alpha value is -2.97. The maximum atomic E-state index is 12.2. The van der Waals surface area contributed by atoms with Gasteiger partial charge in [-0.3, -0.25) is 4.79 Å². The average molecular weight is 322 g/mol. The third-order valence-electron chi connectivity index (χ3n) is 3.45. The molecule has 0 amide bonds. The minimum Gasteiger partial charge on any atom is -0.508 e. The number of carbonyl (C=O) groups is 1. The molecular weight excluding hydrogens is 308 g/mol. The fourth-order valence-corrected chi connectivity index (χ4v) is 2.38. The second-order valence-corrected chi connectivity index (χ2v) is 4.93. The normalized spacial score (nSPS) is 19.4. The minimum atomic E-state index is -1.60. The van der Waals surface area contributed by atoms with Crippen molar-refractivity contribution in [3.05, 3.63) is 41.5 Å². The number of aromatic hydroxyl groups is 4. The van der Waals surface area contributed by atoms with Gasteiger partial charge in [-0.15, -0.1) is 0 Å². The van der Waals surface area contributed by atoms with E-state index in [1.165, 1.54) is 12.1 Å². The Morgan fingerprint density at radius 2 is 1.61 bits per heavy atom. The van der Waals surface area contributed by atoms with E-state index in [9.17, 15) is 30.3 Å². The highest BCUT2D eigenvalue weighted by molar-refractivity contribution is 6.05. The van der Waals surface area contributed by atoms with Crippen LogP contribution in [0.5, 0.6) is 28.7 Å². The topological polar surface area (TPSA) is 159 Å². The zero-order valence-electron chi connectivity index (χ0n) is 11.6. The van der Waals surface area contributed by atoms with Crippen LogP contribution in [0.15, 0.2) is 30.3 Å². The molecule has 7 N–H and O–H groups in total. The fraction of sp³-hybridized carbons (Fsp3) is 0.133. The van der Waals surface area contributed by atoms with Crippen LogP contribution in [0.1, 0.15) is 22.0 Å². The molecule has 0 fully saturated rings. The Morgan fingerprint density at radius 1 is 0.913 bits per heavy atom. The molecule has 1 heterocycles. The van der Waals surface area contributed by atoms with Crippen LogP contribution < -0.4 is 4.74 Å². The summed E-state index contributed by atoms with van der Waals surface area (Å²) in [5.74, 6) is -2.41. The summed E-state index contributed by atoms with van der Waals surface area (Å²) in [6.45, 7) is 0. The van der Waals surface area contributed by atoms with E-state index in [0.29, 0.717) is 0 Å². The Labute approximate surface area is 129 Å². The molecule has 0 aromatic heterocycles. The highest BCUT2D eigenvalue weighted by Crippen LogP contribution is 2.42. The number of aliphatic hydroxyl groups excluding tert-OH is 1. The van der Waals surface area contributed by atoms with Gasteiger partial charge in [-0.2, -0.15) is 0 Å². The van der Waals surface area contributed by atoms with Crippen LogP contribution in [0.3, 0.4) is 0 Å². The summed E-state index contributed by atoms with van der Waals surface area (Å²) in [5, 5.41) is 48.1. The molecule has 1 aliphatic heterocycles. The monoisotopic (exact) mass is 322 g/mol. The van der Waals surface area contributed by atoms with Crippen LogP contribution in [0, 0.1) is 0 Å². The lowest BCUT2D eigenvalue weighted by atomic mass is 9.92. The first-order chi connectivity index (χ1) is 10.4. The molecule has 0 spiro atoms. The zero-order valence-corrected chi connectivity index (χ0v) is 11.6. The minimum absolute atomic E-state index is 0. The highest BCUT2D eigenvalue weighted by Gasteiger charge is 2.39. The molecule has 8 nitrogen and oxygen atoms in total. The second kappa shape index (κ2) is 5.67. The third kappa shape index (κ3) is 2.60. The Morgan fingerprint density at radius 3 is 2.26 bits per heavy atom. The molecule has 0 saturated carbocycles. The van der Waals surface area contributed by atoms with E-state index in [4.69, 9.17) is 4.74 Å². The van der Waals surface area contributed by atoms with Crippen LogP contribution in [0.4, 0.5) is 0 Å². The number of hydrogen-bond acceptors (Lipinski definition) is 7. The Balaban J connectivity index is 0.00000192. The maximum Gasteiger partial charge on any atom is 0.202 e. The third-order valence-corrected chi connectivity index (χ3v) is 3.45. The number of ether oxygens (including phenoxy) is 1. The van der Waals surface area contributed by atoms with Gasteiger partial charge in [-0.05, 0) is 17.7 Å². The Kier molecular flexibility index (Phi) is 4.04. The summed E-state index contributed by atoms with van der Waals surface area (Å²) in [6.07, 6.45) is -2.75. The van der Waals surface area contributed by atoms with E-state index < -0.39 is 29.5 Å². The van der Waals surface area contributed by atoms with Crippen molar-refractivity contribution >= 4 is 5.78 Å². The first kappa shape index (κ1) is 16.4. The van der Waals surface area contributed by atoms with Crippen LogP contribution >= 0.6 is 0 Å². The number of ketones is 1. The molecule has 2 aromatic carbocycles. The summed E-state index contributed by atoms with van der Waals surface area (Å²) in [4.78, 5) is 12.2. The second-order valence-electron chi connectivity index (χ2n) is 4.93. The number of Topliss-reactive ketones (excluding diaryl/α,β-unsaturated/α-hetero) is 1. The van der Waals surface area contributed by atoms with E-state index in [0.717, 1.165) is 18.2 Å². The van der Waals surface area contributed by atoms with Crippen LogP contribution in [-0.4, -0.2) is 42.9 Å². The van der Waals surface area contributed by atoms with Gasteiger partial charge in [-0.1, -0.05) is 6.07 Å². The van der Waals surface area contributed by atoms with Gasteiger partial charge < -0.3 is 35.7 Å². The number of carbonyl (C=O) groups excluding carboxylic acids is 1. The molecule has 0 unspecified atom stereocenters. The Bertz CT molecular complexity index is 770. The lowest BCUT2D eigenvalue weighted by molar-refractivity contribution is 0.0210. The van der Waals surface area contributed by atoms with Gasteiger partial charge >= 0.3 is 0 Å². The summed E-state index contributed by atoms with van der Waals surface area (Å²) < 4.78 is 5.47. The number of rotatable bonds is 1. The van der Waals surface area contributed by atoms with Crippen molar-refractivity contribution in [2.24, 2.45) is 0 Å². The summed E-state index contributed by atoms with van der Waals surface area (Å²) in [5.41, 5.74) is 0.0363. The van der Waals surface area contributed by atoms with Gasteiger partial charge in [0.2, 0.25) is 5.78 Å². The van der Waals surface area contributed by atoms with E-state index >= 15 is 0 Å². The number of aliphatic hydroxyl groups is 1. The number of benzene rings is 2. The number of phenolic OH excluding ortho intramolecular Hbond substituents is 4. The quantitative estimate of drug-likeness (QED) is 0.474. The maximum absolute atomic E-state index is 12.2. The molecular formula is C15H14O8. The summed E-state index contributed by atoms with van der Waals surface area (Å²) in [7, 11) is 0. The molecule has 3 rings (SSSR count). The predicted molar refractivity (Wildman–Crippen MR) is 76.9 cm³/mol. The van der Waals surface area contributed by atoms with E-state index in [-0.39, 0.29) is 33.9 Å². The number of hydrogen-bond donors (Lipinski definition) is 5. The van der Waals surface area contributed by atoms with Gasteiger partial charge in [-0.25, -0.2) is 0 Å². The number of fused-ring (bicyclic) bond motifs is 1. The molecule has 0 radical (unpaired) electrons. The smallest absolute Gasteiger partial charge is 0.202 e. The van der Waals surface area contributed by atoms with Crippen molar-refractivity contribution in [3.63, 3.8) is 0 Å². The van der Waals surface area contributed by atoms with Gasteiger partial charge in [0, 0.05) is 12.1 Å². The molecule has 0 saturated heterocycles.